The largest absolute Gasteiger partial charge is 0.481 e. The molecule has 4 aliphatic rings. The number of carbonyl (C=O) groups excluding carboxylic acids is 6. The molecule has 4 rings (SSSR count). The maximum atomic E-state index is 14.6. The first-order valence-electron chi connectivity index (χ1n) is 14.6. The number of Topliss-reactive ketones (excluding diaryl/α,β-unsaturated/α-hetero) is 5. The van der Waals surface area contributed by atoms with E-state index in [2.05, 4.69) is 0 Å². The summed E-state index contributed by atoms with van der Waals surface area (Å²) >= 11 is 0. The first-order chi connectivity index (χ1) is 18.8. The molecule has 0 spiro atoms. The summed E-state index contributed by atoms with van der Waals surface area (Å²) in [6, 6.07) is 0. The number of ether oxygens (including phenoxy) is 1. The number of fused-ring (bicyclic) bond motifs is 4. The summed E-state index contributed by atoms with van der Waals surface area (Å²) < 4.78 is 5.78. The highest BCUT2D eigenvalue weighted by Gasteiger charge is 2.74. The zero-order valence-corrected chi connectivity index (χ0v) is 25.3. The van der Waals surface area contributed by atoms with E-state index in [-0.39, 0.29) is 66.4 Å². The molecule has 0 radical (unpaired) electrons. The fourth-order valence-electron chi connectivity index (χ4n) is 8.99. The lowest BCUT2D eigenvalue weighted by molar-refractivity contribution is -0.175. The number of carboxylic acid groups (broad SMARTS) is 1. The van der Waals surface area contributed by atoms with Gasteiger partial charge in [-0.3, -0.25) is 33.6 Å². The summed E-state index contributed by atoms with van der Waals surface area (Å²) in [6.45, 7) is 13.3. The molecule has 41 heavy (non-hydrogen) atoms. The van der Waals surface area contributed by atoms with E-state index in [4.69, 9.17) is 4.74 Å². The van der Waals surface area contributed by atoms with E-state index in [0.29, 0.717) is 6.42 Å². The van der Waals surface area contributed by atoms with Crippen molar-refractivity contribution in [2.75, 3.05) is 0 Å². The van der Waals surface area contributed by atoms with Gasteiger partial charge in [0.1, 0.15) is 17.3 Å². The van der Waals surface area contributed by atoms with Gasteiger partial charge in [-0.2, -0.15) is 0 Å². The number of rotatable bonds is 7. The number of hydrogen-bond acceptors (Lipinski definition) is 8. The van der Waals surface area contributed by atoms with Crippen LogP contribution in [0.4, 0.5) is 0 Å². The average molecular weight is 571 g/mol. The molecular weight excluding hydrogens is 528 g/mol. The molecule has 4 aliphatic carbocycles. The van der Waals surface area contributed by atoms with Gasteiger partial charge in [0, 0.05) is 66.4 Å². The van der Waals surface area contributed by atoms with Crippen LogP contribution in [0, 0.1) is 45.3 Å². The van der Waals surface area contributed by atoms with Crippen LogP contribution in [0.5, 0.6) is 0 Å². The number of ketones is 5. The van der Waals surface area contributed by atoms with Crippen LogP contribution in [-0.2, 0) is 38.3 Å². The third-order valence-corrected chi connectivity index (χ3v) is 11.5. The van der Waals surface area contributed by atoms with Crippen LogP contribution < -0.4 is 0 Å². The van der Waals surface area contributed by atoms with E-state index in [1.807, 2.05) is 6.92 Å². The van der Waals surface area contributed by atoms with Gasteiger partial charge >= 0.3 is 11.9 Å². The quantitative estimate of drug-likeness (QED) is 0.447. The molecule has 0 aliphatic heterocycles. The molecule has 0 heterocycles. The molecule has 1 N–H and O–H groups in total. The summed E-state index contributed by atoms with van der Waals surface area (Å²) in [6.07, 6.45) is -0.948. The first kappa shape index (κ1) is 31.0. The van der Waals surface area contributed by atoms with E-state index < -0.39 is 69.2 Å². The van der Waals surface area contributed by atoms with Gasteiger partial charge in [0.15, 0.2) is 11.9 Å². The normalized spacial score (nSPS) is 37.6. The Bertz CT molecular complexity index is 1300. The van der Waals surface area contributed by atoms with Crippen molar-refractivity contribution in [3.63, 3.8) is 0 Å². The van der Waals surface area contributed by atoms with Crippen LogP contribution in [0.1, 0.15) is 93.9 Å². The van der Waals surface area contributed by atoms with E-state index in [1.54, 1.807) is 34.6 Å². The maximum Gasteiger partial charge on any atom is 0.306 e. The Kier molecular flexibility index (Phi) is 7.41. The monoisotopic (exact) mass is 570 g/mol. The Morgan fingerprint density at radius 3 is 2.10 bits per heavy atom. The number of carboxylic acids is 1. The van der Waals surface area contributed by atoms with Crippen molar-refractivity contribution >= 4 is 40.9 Å². The molecule has 0 amide bonds. The van der Waals surface area contributed by atoms with Crippen LogP contribution >= 0.6 is 0 Å². The van der Waals surface area contributed by atoms with Crippen molar-refractivity contribution in [1.82, 2.24) is 0 Å². The van der Waals surface area contributed by atoms with Crippen molar-refractivity contribution in [2.45, 2.75) is 100 Å². The van der Waals surface area contributed by atoms with Crippen LogP contribution in [0.15, 0.2) is 11.1 Å². The van der Waals surface area contributed by atoms with E-state index >= 15 is 0 Å². The zero-order chi connectivity index (χ0) is 31.0. The van der Waals surface area contributed by atoms with E-state index in [1.165, 1.54) is 13.8 Å². The molecule has 0 bridgehead atoms. The summed E-state index contributed by atoms with van der Waals surface area (Å²) in [7, 11) is 0. The third-order valence-electron chi connectivity index (χ3n) is 11.5. The second kappa shape index (κ2) is 9.80. The Morgan fingerprint density at radius 2 is 1.54 bits per heavy atom. The van der Waals surface area contributed by atoms with Crippen molar-refractivity contribution in [1.29, 1.82) is 0 Å². The topological polar surface area (TPSA) is 149 Å². The van der Waals surface area contributed by atoms with Gasteiger partial charge in [0.05, 0.1) is 11.3 Å². The number of carbonyl (C=O) groups is 7. The molecule has 0 aromatic heterocycles. The molecule has 9 nitrogen and oxygen atoms in total. The molecule has 2 fully saturated rings. The van der Waals surface area contributed by atoms with Crippen molar-refractivity contribution in [3.8, 4) is 0 Å². The third kappa shape index (κ3) is 4.20. The minimum absolute atomic E-state index is 0.0157. The van der Waals surface area contributed by atoms with Crippen LogP contribution in [0.3, 0.4) is 0 Å². The Hall–Kier alpha value is -2.97. The fourth-order valence-corrected chi connectivity index (χ4v) is 8.99. The van der Waals surface area contributed by atoms with Crippen molar-refractivity contribution in [3.05, 3.63) is 11.1 Å². The summed E-state index contributed by atoms with van der Waals surface area (Å²) in [5.74, 6) is -5.46. The number of allylic oxidation sites excluding steroid dienone is 1. The Morgan fingerprint density at radius 1 is 0.927 bits per heavy atom. The highest BCUT2D eigenvalue weighted by Crippen LogP contribution is 2.70. The van der Waals surface area contributed by atoms with Gasteiger partial charge in [-0.25, -0.2) is 0 Å². The standard InChI is InChI=1S/C32H42O9/c1-15(11-18(34)12-16(2)28(39)40)19-13-23(37)32(8)24-20(35)14-21-29(4,5)22(36)9-10-30(21,6)25(24)26(38)27(31(19,32)7)41-17(3)33/h15-16,19,21,27H,9-14H2,1-8H3,(H,39,40)/t15?,16?,19-,21+,27-,30+,31+,32+/m1/s1. The molecule has 2 unspecified atom stereocenters. The number of esters is 1. The smallest absolute Gasteiger partial charge is 0.306 e. The molecule has 9 heteroatoms. The Labute approximate surface area is 240 Å². The number of aliphatic carboxylic acids is 1. The second-order valence-electron chi connectivity index (χ2n) is 14.2. The van der Waals surface area contributed by atoms with E-state index in [0.717, 1.165) is 0 Å². The van der Waals surface area contributed by atoms with Gasteiger partial charge in [0.2, 0.25) is 5.78 Å². The fraction of sp³-hybridized carbons (Fsp3) is 0.719. The zero-order valence-electron chi connectivity index (χ0n) is 25.3. The molecule has 0 aromatic carbocycles. The minimum Gasteiger partial charge on any atom is -0.481 e. The summed E-state index contributed by atoms with van der Waals surface area (Å²) in [5, 5.41) is 9.23. The molecular formula is C32H42O9. The van der Waals surface area contributed by atoms with Crippen LogP contribution in [0.2, 0.25) is 0 Å². The molecule has 2 saturated carbocycles. The van der Waals surface area contributed by atoms with Crippen LogP contribution in [0.25, 0.3) is 0 Å². The van der Waals surface area contributed by atoms with Crippen LogP contribution in [-0.4, -0.2) is 52.1 Å². The summed E-state index contributed by atoms with van der Waals surface area (Å²) in [5.41, 5.74) is -4.09. The highest BCUT2D eigenvalue weighted by molar-refractivity contribution is 6.18. The van der Waals surface area contributed by atoms with Gasteiger partial charge in [-0.15, -0.1) is 0 Å². The average Bonchev–Trinajstić information content (AvgIpc) is 3.07. The summed E-state index contributed by atoms with van der Waals surface area (Å²) in [4.78, 5) is 92.3. The SMILES string of the molecule is CC(=O)O[C@@H]1C(=O)C2=C(C(=O)C[C@H]3C(C)(C)C(=O)CC[C@]23C)[C@]2(C)C(=O)C[C@H](C(C)CC(=O)CC(C)C(=O)O)[C@@]12C. The molecule has 224 valence electrons. The lowest BCUT2D eigenvalue weighted by Crippen LogP contribution is -2.64. The van der Waals surface area contributed by atoms with Gasteiger partial charge in [-0.05, 0) is 31.1 Å². The van der Waals surface area contributed by atoms with Crippen molar-refractivity contribution in [2.24, 2.45) is 45.3 Å². The highest BCUT2D eigenvalue weighted by atomic mass is 16.5. The predicted octanol–water partition coefficient (Wildman–Crippen LogP) is 4.09. The lowest BCUT2D eigenvalue weighted by Gasteiger charge is -2.59. The Balaban J connectivity index is 1.89. The molecule has 0 aromatic rings. The predicted molar refractivity (Wildman–Crippen MR) is 146 cm³/mol. The molecule has 0 saturated heterocycles. The van der Waals surface area contributed by atoms with Gasteiger partial charge < -0.3 is 9.84 Å². The first-order valence-corrected chi connectivity index (χ1v) is 14.6. The van der Waals surface area contributed by atoms with Gasteiger partial charge in [0.25, 0.3) is 0 Å². The van der Waals surface area contributed by atoms with Crippen molar-refractivity contribution < 1.29 is 43.4 Å². The number of hydrogen-bond donors (Lipinski definition) is 1. The minimum atomic E-state index is -1.46. The van der Waals surface area contributed by atoms with Gasteiger partial charge in [-0.1, -0.05) is 41.5 Å². The van der Waals surface area contributed by atoms with E-state index in [9.17, 15) is 38.7 Å². The second-order valence-corrected chi connectivity index (χ2v) is 14.2. The molecule has 8 atom stereocenters. The maximum absolute atomic E-state index is 14.6. The lowest BCUT2D eigenvalue weighted by atomic mass is 9.42.